The normalized spacial score (nSPS) is 19.9. The van der Waals surface area contributed by atoms with E-state index < -0.39 is 0 Å². The summed E-state index contributed by atoms with van der Waals surface area (Å²) in [5, 5.41) is 3.74. The van der Waals surface area contributed by atoms with Crippen LogP contribution in [0, 0.1) is 5.92 Å². The maximum absolute atomic E-state index is 12.0. The first-order valence-electron chi connectivity index (χ1n) is 6.49. The summed E-state index contributed by atoms with van der Waals surface area (Å²) in [7, 11) is 1.66. The number of carbonyl (C=O) groups is 1. The van der Waals surface area contributed by atoms with Crippen LogP contribution in [0.25, 0.3) is 0 Å². The molecule has 1 atom stereocenters. The number of methoxy groups -OCH3 is 1. The molecule has 106 valence electrons. The molecule has 1 aliphatic heterocycles. The van der Waals surface area contributed by atoms with Gasteiger partial charge in [0.25, 0.3) is 0 Å². The van der Waals surface area contributed by atoms with Gasteiger partial charge in [-0.3, -0.25) is 4.79 Å². The number of piperazine rings is 1. The second-order valence-electron chi connectivity index (χ2n) is 4.91. The molecule has 1 unspecified atom stereocenters. The van der Waals surface area contributed by atoms with Crippen molar-refractivity contribution in [2.75, 3.05) is 31.7 Å². The molecule has 1 N–H and O–H groups in total. The van der Waals surface area contributed by atoms with Gasteiger partial charge < -0.3 is 15.0 Å². The van der Waals surface area contributed by atoms with Crippen molar-refractivity contribution >= 4 is 22.6 Å². The molecule has 19 heavy (non-hydrogen) atoms. The first-order chi connectivity index (χ1) is 9.13. The van der Waals surface area contributed by atoms with Crippen LogP contribution in [0.4, 0.5) is 5.13 Å². The van der Waals surface area contributed by atoms with Crippen LogP contribution in [0.1, 0.15) is 19.7 Å². The molecular formula is C12H20N4O2S. The van der Waals surface area contributed by atoms with Crippen LogP contribution in [0.5, 0.6) is 0 Å². The van der Waals surface area contributed by atoms with E-state index in [2.05, 4.69) is 33.4 Å². The number of anilines is 1. The van der Waals surface area contributed by atoms with E-state index in [9.17, 15) is 4.79 Å². The van der Waals surface area contributed by atoms with Crippen molar-refractivity contribution in [3.8, 4) is 0 Å². The van der Waals surface area contributed by atoms with Gasteiger partial charge >= 0.3 is 0 Å². The fourth-order valence-corrected chi connectivity index (χ4v) is 2.99. The van der Waals surface area contributed by atoms with Gasteiger partial charge in [-0.1, -0.05) is 13.8 Å². The molecule has 1 aliphatic rings. The highest BCUT2D eigenvalue weighted by Gasteiger charge is 2.33. The summed E-state index contributed by atoms with van der Waals surface area (Å²) in [5.74, 6) is 1.11. The largest absolute Gasteiger partial charge is 0.384 e. The molecule has 7 heteroatoms. The second-order valence-corrected chi connectivity index (χ2v) is 5.64. The van der Waals surface area contributed by atoms with Crippen LogP contribution in [-0.4, -0.2) is 48.1 Å². The Morgan fingerprint density at radius 3 is 3.05 bits per heavy atom. The summed E-state index contributed by atoms with van der Waals surface area (Å²) >= 11 is 1.36. The lowest BCUT2D eigenvalue weighted by atomic mass is 10.0. The number of hydrogen-bond acceptors (Lipinski definition) is 6. The Kier molecular flexibility index (Phi) is 4.71. The van der Waals surface area contributed by atoms with Crippen molar-refractivity contribution in [1.29, 1.82) is 0 Å². The average molecular weight is 284 g/mol. The smallest absolute Gasteiger partial charge is 0.243 e. The van der Waals surface area contributed by atoms with E-state index in [4.69, 9.17) is 4.74 Å². The van der Waals surface area contributed by atoms with Crippen LogP contribution in [0.3, 0.4) is 0 Å². The zero-order valence-electron chi connectivity index (χ0n) is 11.5. The van der Waals surface area contributed by atoms with Crippen molar-refractivity contribution in [2.24, 2.45) is 5.92 Å². The van der Waals surface area contributed by atoms with Gasteiger partial charge in [-0.25, -0.2) is 4.98 Å². The lowest BCUT2D eigenvalue weighted by Crippen LogP contribution is -2.57. The van der Waals surface area contributed by atoms with Gasteiger partial charge in [0, 0.05) is 38.2 Å². The van der Waals surface area contributed by atoms with Crippen LogP contribution >= 0.6 is 11.5 Å². The van der Waals surface area contributed by atoms with Crippen molar-refractivity contribution in [3.63, 3.8) is 0 Å². The molecule has 1 saturated heterocycles. The van der Waals surface area contributed by atoms with Crippen molar-refractivity contribution in [1.82, 2.24) is 14.7 Å². The Hall–Kier alpha value is -1.21. The predicted molar refractivity (Wildman–Crippen MR) is 74.5 cm³/mol. The predicted octanol–water partition coefficient (Wildman–Crippen LogP) is 0.688. The van der Waals surface area contributed by atoms with Gasteiger partial charge in [0.2, 0.25) is 11.0 Å². The zero-order valence-corrected chi connectivity index (χ0v) is 12.4. The molecule has 1 aromatic rings. The van der Waals surface area contributed by atoms with Crippen molar-refractivity contribution in [2.45, 2.75) is 26.3 Å². The van der Waals surface area contributed by atoms with E-state index in [0.29, 0.717) is 19.6 Å². The minimum atomic E-state index is -0.156. The highest BCUT2D eigenvalue weighted by molar-refractivity contribution is 7.09. The maximum atomic E-state index is 12.0. The van der Waals surface area contributed by atoms with E-state index >= 15 is 0 Å². The third-order valence-electron chi connectivity index (χ3n) is 3.12. The number of amides is 1. The van der Waals surface area contributed by atoms with Gasteiger partial charge in [-0.2, -0.15) is 4.37 Å². The molecule has 0 spiro atoms. The molecule has 0 aromatic carbocycles. The van der Waals surface area contributed by atoms with Gasteiger partial charge in [0.1, 0.15) is 11.9 Å². The van der Waals surface area contributed by atoms with Crippen molar-refractivity contribution in [3.05, 3.63) is 5.82 Å². The van der Waals surface area contributed by atoms with Gasteiger partial charge in [0.15, 0.2) is 0 Å². The molecule has 0 radical (unpaired) electrons. The van der Waals surface area contributed by atoms with Gasteiger partial charge in [-0.05, 0) is 5.92 Å². The third-order valence-corrected chi connectivity index (χ3v) is 3.91. The minimum absolute atomic E-state index is 0.0786. The zero-order chi connectivity index (χ0) is 13.8. The highest BCUT2D eigenvalue weighted by atomic mass is 32.1. The average Bonchev–Trinajstić information content (AvgIpc) is 2.84. The Bertz CT molecular complexity index is 435. The van der Waals surface area contributed by atoms with E-state index in [0.717, 1.165) is 17.5 Å². The lowest BCUT2D eigenvalue weighted by molar-refractivity contribution is -0.124. The van der Waals surface area contributed by atoms with E-state index in [1.165, 1.54) is 11.5 Å². The van der Waals surface area contributed by atoms with Gasteiger partial charge in [0.05, 0.1) is 6.61 Å². The van der Waals surface area contributed by atoms with E-state index in [1.54, 1.807) is 7.11 Å². The number of nitrogens with zero attached hydrogens (tertiary/aromatic N) is 3. The molecular weight excluding hydrogens is 264 g/mol. The molecule has 0 bridgehead atoms. The maximum Gasteiger partial charge on any atom is 0.243 e. The van der Waals surface area contributed by atoms with E-state index in [1.807, 2.05) is 0 Å². The Morgan fingerprint density at radius 2 is 2.37 bits per heavy atom. The Balaban J connectivity index is 2.14. The summed E-state index contributed by atoms with van der Waals surface area (Å²) in [4.78, 5) is 18.6. The Morgan fingerprint density at radius 1 is 1.58 bits per heavy atom. The fraction of sp³-hybridized carbons (Fsp3) is 0.750. The number of ether oxygens (including phenoxy) is 1. The summed E-state index contributed by atoms with van der Waals surface area (Å²) in [5.41, 5.74) is 0. The second kappa shape index (κ2) is 6.29. The fourth-order valence-electron chi connectivity index (χ4n) is 2.22. The van der Waals surface area contributed by atoms with Crippen LogP contribution in [0.2, 0.25) is 0 Å². The number of carbonyl (C=O) groups excluding carboxylic acids is 1. The molecule has 1 amide bonds. The molecule has 2 rings (SSSR count). The lowest BCUT2D eigenvalue weighted by Gasteiger charge is -2.36. The Labute approximate surface area is 117 Å². The number of rotatable bonds is 5. The molecule has 6 nitrogen and oxygen atoms in total. The quantitative estimate of drug-likeness (QED) is 0.861. The standard InChI is InChI=1S/C12H20N4O2S/c1-8(2)10-11(17)13-5-6-16(10)12-14-9(15-19-12)4-7-18-3/h8,10H,4-7H2,1-3H3,(H,13,17). The number of aromatic nitrogens is 2. The number of hydrogen-bond donors (Lipinski definition) is 1. The summed E-state index contributed by atoms with van der Waals surface area (Å²) in [6.07, 6.45) is 0.708. The third kappa shape index (κ3) is 3.22. The van der Waals surface area contributed by atoms with E-state index in [-0.39, 0.29) is 17.9 Å². The van der Waals surface area contributed by atoms with Crippen molar-refractivity contribution < 1.29 is 9.53 Å². The van der Waals surface area contributed by atoms with Crippen LogP contribution < -0.4 is 10.2 Å². The summed E-state index contributed by atoms with van der Waals surface area (Å²) < 4.78 is 9.35. The number of nitrogens with one attached hydrogen (secondary N) is 1. The first-order valence-corrected chi connectivity index (χ1v) is 7.26. The molecule has 0 saturated carbocycles. The molecule has 0 aliphatic carbocycles. The molecule has 1 fully saturated rings. The molecule has 2 heterocycles. The SMILES string of the molecule is COCCc1nsc(N2CCNC(=O)C2C(C)C)n1. The minimum Gasteiger partial charge on any atom is -0.384 e. The highest BCUT2D eigenvalue weighted by Crippen LogP contribution is 2.24. The van der Waals surface area contributed by atoms with Gasteiger partial charge in [-0.15, -0.1) is 0 Å². The molecule has 1 aromatic heterocycles. The van der Waals surface area contributed by atoms with Crippen LogP contribution in [-0.2, 0) is 16.0 Å². The van der Waals surface area contributed by atoms with Crippen LogP contribution in [0.15, 0.2) is 0 Å². The first kappa shape index (κ1) is 14.2. The topological polar surface area (TPSA) is 67.3 Å². The summed E-state index contributed by atoms with van der Waals surface area (Å²) in [6, 6.07) is -0.156. The monoisotopic (exact) mass is 284 g/mol. The summed E-state index contributed by atoms with van der Waals surface area (Å²) in [6.45, 7) is 6.16.